The summed E-state index contributed by atoms with van der Waals surface area (Å²) in [6, 6.07) is 4.05. The summed E-state index contributed by atoms with van der Waals surface area (Å²) in [5.74, 6) is -0.865. The Morgan fingerprint density at radius 1 is 1.33 bits per heavy atom. The number of hydrogen-bond donors (Lipinski definition) is 1. The number of rotatable bonds is 4. The van der Waals surface area contributed by atoms with Crippen molar-refractivity contribution >= 4 is 5.78 Å². The predicted molar refractivity (Wildman–Crippen MR) is 74.7 cm³/mol. The van der Waals surface area contributed by atoms with Gasteiger partial charge in [-0.2, -0.15) is 13.2 Å². The third-order valence-electron chi connectivity index (χ3n) is 3.77. The standard InChI is InChI=1S/C15H13F3N2O4/c1-20-5-4-19-13(20)14(22,15(16,17)18)7-10(21)9-2-3-11-12(6-9)24-8-23-11/h2-6,22H,7-8H2,1H3. The summed E-state index contributed by atoms with van der Waals surface area (Å²) in [6.45, 7) is -0.0211. The van der Waals surface area contributed by atoms with Crippen LogP contribution in [0.3, 0.4) is 0 Å². The maximum absolute atomic E-state index is 13.4. The lowest BCUT2D eigenvalue weighted by Gasteiger charge is -2.29. The molecule has 0 radical (unpaired) electrons. The molecule has 0 bridgehead atoms. The second-order valence-electron chi connectivity index (χ2n) is 5.39. The lowest BCUT2D eigenvalue weighted by Crippen LogP contribution is -2.46. The van der Waals surface area contributed by atoms with Gasteiger partial charge in [0.2, 0.25) is 12.4 Å². The van der Waals surface area contributed by atoms with Crippen LogP contribution in [0.15, 0.2) is 30.6 Å². The molecule has 1 aliphatic heterocycles. The molecule has 2 aromatic rings. The quantitative estimate of drug-likeness (QED) is 0.862. The molecular formula is C15H13F3N2O4. The topological polar surface area (TPSA) is 73.6 Å². The Kier molecular flexibility index (Phi) is 3.75. The highest BCUT2D eigenvalue weighted by Crippen LogP contribution is 2.42. The Bertz CT molecular complexity index is 787. The van der Waals surface area contributed by atoms with Gasteiger partial charge in [-0.15, -0.1) is 0 Å². The number of aliphatic hydroxyl groups is 1. The predicted octanol–water partition coefficient (Wildman–Crippen LogP) is 2.17. The van der Waals surface area contributed by atoms with Crippen molar-refractivity contribution in [3.05, 3.63) is 42.0 Å². The summed E-state index contributed by atoms with van der Waals surface area (Å²) in [5, 5.41) is 10.2. The number of carbonyl (C=O) groups excluding carboxylic acids is 1. The largest absolute Gasteiger partial charge is 0.454 e. The fourth-order valence-electron chi connectivity index (χ4n) is 2.47. The number of ether oxygens (including phenoxy) is 2. The molecule has 0 saturated heterocycles. The molecule has 1 N–H and O–H groups in total. The summed E-state index contributed by atoms with van der Waals surface area (Å²) >= 11 is 0. The molecule has 24 heavy (non-hydrogen) atoms. The summed E-state index contributed by atoms with van der Waals surface area (Å²) in [4.78, 5) is 15.9. The molecule has 0 saturated carbocycles. The molecule has 9 heteroatoms. The number of carbonyl (C=O) groups is 1. The van der Waals surface area contributed by atoms with Crippen molar-refractivity contribution in [3.8, 4) is 11.5 Å². The van der Waals surface area contributed by atoms with Gasteiger partial charge in [0, 0.05) is 25.0 Å². The average Bonchev–Trinajstić information content (AvgIpc) is 3.13. The van der Waals surface area contributed by atoms with Crippen LogP contribution in [0.25, 0.3) is 0 Å². The number of aryl methyl sites for hydroxylation is 1. The Labute approximate surface area is 134 Å². The summed E-state index contributed by atoms with van der Waals surface area (Å²) < 4.78 is 51.5. The van der Waals surface area contributed by atoms with Crippen LogP contribution in [0.1, 0.15) is 22.6 Å². The van der Waals surface area contributed by atoms with Gasteiger partial charge in [-0.3, -0.25) is 4.79 Å². The minimum absolute atomic E-state index is 0.0175. The minimum Gasteiger partial charge on any atom is -0.454 e. The van der Waals surface area contributed by atoms with Gasteiger partial charge in [0.15, 0.2) is 23.1 Å². The molecule has 2 heterocycles. The van der Waals surface area contributed by atoms with Gasteiger partial charge in [-0.05, 0) is 18.2 Å². The molecule has 128 valence electrons. The molecule has 1 unspecified atom stereocenters. The van der Waals surface area contributed by atoms with E-state index < -0.39 is 29.8 Å². The number of benzene rings is 1. The van der Waals surface area contributed by atoms with Crippen molar-refractivity contribution in [1.29, 1.82) is 0 Å². The van der Waals surface area contributed by atoms with Crippen molar-refractivity contribution in [3.63, 3.8) is 0 Å². The van der Waals surface area contributed by atoms with Gasteiger partial charge < -0.3 is 19.1 Å². The van der Waals surface area contributed by atoms with E-state index in [1.54, 1.807) is 0 Å². The minimum atomic E-state index is -5.07. The second-order valence-corrected chi connectivity index (χ2v) is 5.39. The second kappa shape index (κ2) is 5.52. The van der Waals surface area contributed by atoms with Gasteiger partial charge in [-0.1, -0.05) is 0 Å². The van der Waals surface area contributed by atoms with Crippen LogP contribution in [-0.2, 0) is 12.6 Å². The summed E-state index contributed by atoms with van der Waals surface area (Å²) in [7, 11) is 1.31. The molecule has 3 rings (SSSR count). The highest BCUT2D eigenvalue weighted by molar-refractivity contribution is 5.97. The van der Waals surface area contributed by atoms with E-state index in [9.17, 15) is 23.1 Å². The fraction of sp³-hybridized carbons (Fsp3) is 0.333. The average molecular weight is 342 g/mol. The molecule has 1 aromatic heterocycles. The van der Waals surface area contributed by atoms with E-state index in [0.717, 1.165) is 10.8 Å². The van der Waals surface area contributed by atoms with E-state index in [0.29, 0.717) is 5.75 Å². The zero-order valence-electron chi connectivity index (χ0n) is 12.5. The first kappa shape index (κ1) is 16.3. The van der Waals surface area contributed by atoms with E-state index >= 15 is 0 Å². The Hall–Kier alpha value is -2.55. The lowest BCUT2D eigenvalue weighted by molar-refractivity contribution is -0.268. The van der Waals surface area contributed by atoms with Crippen molar-refractivity contribution in [2.45, 2.75) is 18.2 Å². The number of nitrogens with zero attached hydrogens (tertiary/aromatic N) is 2. The fourth-order valence-corrected chi connectivity index (χ4v) is 2.47. The monoisotopic (exact) mass is 342 g/mol. The highest BCUT2D eigenvalue weighted by Gasteiger charge is 2.58. The Balaban J connectivity index is 1.94. The maximum atomic E-state index is 13.4. The number of aromatic nitrogens is 2. The van der Waals surface area contributed by atoms with E-state index in [1.807, 2.05) is 0 Å². The summed E-state index contributed by atoms with van der Waals surface area (Å²) in [5.41, 5.74) is -3.41. The highest BCUT2D eigenvalue weighted by atomic mass is 19.4. The number of halogens is 3. The third kappa shape index (κ3) is 2.60. The van der Waals surface area contributed by atoms with Crippen molar-refractivity contribution in [1.82, 2.24) is 9.55 Å². The molecule has 0 aliphatic carbocycles. The van der Waals surface area contributed by atoms with Crippen LogP contribution in [-0.4, -0.2) is 33.4 Å². The first-order valence-electron chi connectivity index (χ1n) is 6.92. The first-order chi connectivity index (χ1) is 11.2. The van der Waals surface area contributed by atoms with Crippen LogP contribution < -0.4 is 9.47 Å². The van der Waals surface area contributed by atoms with Gasteiger partial charge >= 0.3 is 6.18 Å². The number of Topliss-reactive ketones (excluding diaryl/α,β-unsaturated/α-hetero) is 1. The van der Waals surface area contributed by atoms with Crippen LogP contribution in [0.4, 0.5) is 13.2 Å². The molecule has 1 atom stereocenters. The van der Waals surface area contributed by atoms with Gasteiger partial charge in [0.05, 0.1) is 6.42 Å². The molecule has 1 aliphatic rings. The number of fused-ring (bicyclic) bond motifs is 1. The van der Waals surface area contributed by atoms with E-state index in [1.165, 1.54) is 31.4 Å². The summed E-state index contributed by atoms with van der Waals surface area (Å²) in [6.07, 6.45) is -3.88. The molecular weight excluding hydrogens is 329 g/mol. The van der Waals surface area contributed by atoms with Crippen molar-refractivity contribution in [2.24, 2.45) is 7.05 Å². The van der Waals surface area contributed by atoms with Gasteiger partial charge in [-0.25, -0.2) is 4.98 Å². The van der Waals surface area contributed by atoms with Crippen molar-refractivity contribution < 1.29 is 32.5 Å². The first-order valence-corrected chi connectivity index (χ1v) is 6.92. The molecule has 0 fully saturated rings. The van der Waals surface area contributed by atoms with Crippen LogP contribution >= 0.6 is 0 Å². The van der Waals surface area contributed by atoms with Crippen LogP contribution in [0.2, 0.25) is 0 Å². The third-order valence-corrected chi connectivity index (χ3v) is 3.77. The van der Waals surface area contributed by atoms with E-state index in [2.05, 4.69) is 4.98 Å². The van der Waals surface area contributed by atoms with Crippen molar-refractivity contribution in [2.75, 3.05) is 6.79 Å². The van der Waals surface area contributed by atoms with Crippen LogP contribution in [0, 0.1) is 0 Å². The maximum Gasteiger partial charge on any atom is 0.425 e. The molecule has 0 amide bonds. The lowest BCUT2D eigenvalue weighted by atomic mass is 9.92. The van der Waals surface area contributed by atoms with Gasteiger partial charge in [0.1, 0.15) is 0 Å². The Morgan fingerprint density at radius 2 is 2.04 bits per heavy atom. The number of alkyl halides is 3. The number of imidazole rings is 1. The SMILES string of the molecule is Cn1ccnc1C(O)(CC(=O)c1ccc2c(c1)OCO2)C(F)(F)F. The molecule has 0 spiro atoms. The van der Waals surface area contributed by atoms with E-state index in [-0.39, 0.29) is 18.1 Å². The van der Waals surface area contributed by atoms with Crippen LogP contribution in [0.5, 0.6) is 11.5 Å². The zero-order chi connectivity index (χ0) is 17.5. The zero-order valence-corrected chi connectivity index (χ0v) is 12.5. The molecule has 6 nitrogen and oxygen atoms in total. The van der Waals surface area contributed by atoms with Gasteiger partial charge in [0.25, 0.3) is 0 Å². The number of hydrogen-bond acceptors (Lipinski definition) is 5. The number of ketones is 1. The normalized spacial score (nSPS) is 16.0. The Morgan fingerprint density at radius 3 is 2.67 bits per heavy atom. The molecule has 1 aromatic carbocycles. The smallest absolute Gasteiger partial charge is 0.425 e. The van der Waals surface area contributed by atoms with E-state index in [4.69, 9.17) is 9.47 Å².